The fraction of sp³-hybridized carbons (Fsp3) is 0.842. The van der Waals surface area contributed by atoms with E-state index in [1.54, 1.807) is 0 Å². The van der Waals surface area contributed by atoms with Crippen LogP contribution in [-0.4, -0.2) is 67.4 Å². The third kappa shape index (κ3) is 14.1. The Morgan fingerprint density at radius 1 is 0.767 bits per heavy atom. The quantitative estimate of drug-likeness (QED) is 0.108. The van der Waals surface area contributed by atoms with E-state index in [9.17, 15) is 14.4 Å². The van der Waals surface area contributed by atoms with Gasteiger partial charge in [0.05, 0.1) is 12.1 Å². The third-order valence-electron chi connectivity index (χ3n) is 4.65. The molecular formula is C19H40N6O5. The van der Waals surface area contributed by atoms with Crippen LogP contribution in [0.25, 0.3) is 0 Å². The summed E-state index contributed by atoms with van der Waals surface area (Å²) in [6, 6.07) is -2.02. The second-order valence-corrected chi connectivity index (χ2v) is 7.30. The number of unbranched alkanes of at least 4 members (excludes halogenated alkanes) is 3. The smallest absolute Gasteiger partial charge is 0.450 e. The summed E-state index contributed by atoms with van der Waals surface area (Å²) in [7, 11) is 0. The molecule has 11 nitrogen and oxygen atoms in total. The van der Waals surface area contributed by atoms with Gasteiger partial charge in [0, 0.05) is 0 Å². The van der Waals surface area contributed by atoms with Gasteiger partial charge in [0.1, 0.15) is 12.6 Å². The maximum absolute atomic E-state index is 12.8. The molecule has 0 rings (SSSR count). The maximum atomic E-state index is 12.8. The van der Waals surface area contributed by atoms with Gasteiger partial charge >= 0.3 is 6.16 Å². The molecule has 0 heterocycles. The molecule has 0 saturated carbocycles. The Hall–Kier alpha value is -1.95. The number of amides is 2. The molecule has 11 heteroatoms. The van der Waals surface area contributed by atoms with Crippen LogP contribution < -0.4 is 33.6 Å². The van der Waals surface area contributed by atoms with Crippen molar-refractivity contribution in [1.29, 1.82) is 0 Å². The van der Waals surface area contributed by atoms with Gasteiger partial charge in [-0.05, 0) is 64.6 Å². The fourth-order valence-electron chi connectivity index (χ4n) is 2.89. The van der Waals surface area contributed by atoms with Crippen molar-refractivity contribution in [1.82, 2.24) is 10.6 Å². The van der Waals surface area contributed by atoms with Crippen LogP contribution >= 0.6 is 0 Å². The molecule has 0 aliphatic heterocycles. The Bertz CT molecular complexity index is 494. The van der Waals surface area contributed by atoms with Crippen molar-refractivity contribution in [2.24, 2.45) is 22.9 Å². The molecule has 30 heavy (non-hydrogen) atoms. The van der Waals surface area contributed by atoms with E-state index in [0.717, 1.165) is 19.3 Å². The van der Waals surface area contributed by atoms with Crippen molar-refractivity contribution in [3.63, 3.8) is 0 Å². The number of hydrogen-bond donors (Lipinski definition) is 7. The predicted molar refractivity (Wildman–Crippen MR) is 115 cm³/mol. The first-order valence-corrected chi connectivity index (χ1v) is 10.7. The topological polar surface area (TPSA) is 209 Å². The second kappa shape index (κ2) is 17.9. The minimum Gasteiger partial charge on any atom is -0.450 e. The van der Waals surface area contributed by atoms with E-state index in [1.807, 2.05) is 0 Å². The summed E-state index contributed by atoms with van der Waals surface area (Å²) in [4.78, 5) is 35.9. The zero-order valence-corrected chi connectivity index (χ0v) is 17.8. The number of carbonyl (C=O) groups excluding carboxylic acids is 2. The lowest BCUT2D eigenvalue weighted by atomic mass is 10.0. The zero-order chi connectivity index (χ0) is 22.8. The van der Waals surface area contributed by atoms with Gasteiger partial charge in [0.25, 0.3) is 0 Å². The van der Waals surface area contributed by atoms with Crippen LogP contribution in [0.2, 0.25) is 0 Å². The fourth-order valence-corrected chi connectivity index (χ4v) is 2.89. The maximum Gasteiger partial charge on any atom is 0.505 e. The highest BCUT2D eigenvalue weighted by atomic mass is 16.7. The number of rotatable bonds is 18. The number of nitrogens with two attached hydrogens (primary N) is 4. The van der Waals surface area contributed by atoms with Gasteiger partial charge in [-0.25, -0.2) is 4.79 Å². The van der Waals surface area contributed by atoms with Crippen molar-refractivity contribution in [3.05, 3.63) is 0 Å². The standard InChI is InChI=1S/C19H40N6O5/c20-10-4-1-7-14(13-30-19(28)29)24-18(27)16(9-3-6-12-22)25-17(26)15(23)8-2-5-11-21/h14-16H,1-13,20-23H2,(H,24,27)(H,25,26)(H,28,29)/t14-,15+,16+/m1/s1. The van der Waals surface area contributed by atoms with E-state index in [-0.39, 0.29) is 6.61 Å². The molecule has 0 unspecified atom stereocenters. The largest absolute Gasteiger partial charge is 0.505 e. The van der Waals surface area contributed by atoms with Crippen LogP contribution in [-0.2, 0) is 14.3 Å². The van der Waals surface area contributed by atoms with E-state index in [1.165, 1.54) is 0 Å². The Morgan fingerprint density at radius 3 is 1.83 bits per heavy atom. The highest BCUT2D eigenvalue weighted by Gasteiger charge is 2.25. The number of carboxylic acid groups (broad SMARTS) is 1. The summed E-state index contributed by atoms with van der Waals surface area (Å²) in [5.74, 6) is -0.803. The minimum absolute atomic E-state index is 0.173. The van der Waals surface area contributed by atoms with Gasteiger partial charge in [-0.1, -0.05) is 12.8 Å². The molecule has 176 valence electrons. The van der Waals surface area contributed by atoms with Gasteiger partial charge in [0.2, 0.25) is 11.8 Å². The van der Waals surface area contributed by atoms with E-state index in [2.05, 4.69) is 15.4 Å². The summed E-state index contributed by atoms with van der Waals surface area (Å²) < 4.78 is 4.62. The number of hydrogen-bond acceptors (Lipinski definition) is 8. The molecule has 3 atom stereocenters. The summed E-state index contributed by atoms with van der Waals surface area (Å²) >= 11 is 0. The van der Waals surface area contributed by atoms with Crippen LogP contribution in [0.4, 0.5) is 4.79 Å². The normalized spacial score (nSPS) is 13.9. The first-order valence-electron chi connectivity index (χ1n) is 10.7. The molecule has 0 aliphatic carbocycles. The van der Waals surface area contributed by atoms with Gasteiger partial charge in [0.15, 0.2) is 0 Å². The SMILES string of the molecule is NCCCC[C@H](COC(=O)O)NC(=O)[C@H](CCCCN)NC(=O)[C@@H](N)CCCCN. The Kier molecular flexibility index (Phi) is 16.7. The molecule has 0 fully saturated rings. The lowest BCUT2D eigenvalue weighted by molar-refractivity contribution is -0.130. The third-order valence-corrected chi connectivity index (χ3v) is 4.65. The molecular weight excluding hydrogens is 392 g/mol. The van der Waals surface area contributed by atoms with Crippen LogP contribution in [0.5, 0.6) is 0 Å². The first kappa shape index (κ1) is 28.1. The average Bonchev–Trinajstić information content (AvgIpc) is 2.71. The number of carbonyl (C=O) groups is 3. The molecule has 0 aromatic carbocycles. The zero-order valence-electron chi connectivity index (χ0n) is 17.8. The van der Waals surface area contributed by atoms with Crippen molar-refractivity contribution in [3.8, 4) is 0 Å². The van der Waals surface area contributed by atoms with Gasteiger partial charge in [-0.15, -0.1) is 0 Å². The molecule has 0 aromatic heterocycles. The highest BCUT2D eigenvalue weighted by molar-refractivity contribution is 5.89. The van der Waals surface area contributed by atoms with Crippen molar-refractivity contribution >= 4 is 18.0 Å². The van der Waals surface area contributed by atoms with E-state index in [0.29, 0.717) is 58.2 Å². The summed E-state index contributed by atoms with van der Waals surface area (Å²) in [6.45, 7) is 1.34. The van der Waals surface area contributed by atoms with Gasteiger partial charge in [-0.2, -0.15) is 0 Å². The Labute approximate surface area is 178 Å². The lowest BCUT2D eigenvalue weighted by Gasteiger charge is -2.24. The van der Waals surface area contributed by atoms with Crippen molar-refractivity contribution in [2.75, 3.05) is 26.2 Å². The van der Waals surface area contributed by atoms with E-state index < -0.39 is 36.1 Å². The molecule has 0 aromatic rings. The summed E-state index contributed by atoms with van der Waals surface area (Å²) in [5, 5.41) is 14.2. The van der Waals surface area contributed by atoms with Gasteiger partial charge in [-0.3, -0.25) is 9.59 Å². The Balaban J connectivity index is 4.95. The van der Waals surface area contributed by atoms with Crippen LogP contribution in [0.3, 0.4) is 0 Å². The lowest BCUT2D eigenvalue weighted by Crippen LogP contribution is -2.54. The van der Waals surface area contributed by atoms with Crippen LogP contribution in [0, 0.1) is 0 Å². The average molecular weight is 433 g/mol. The van der Waals surface area contributed by atoms with E-state index in [4.69, 9.17) is 28.0 Å². The van der Waals surface area contributed by atoms with Crippen molar-refractivity contribution < 1.29 is 24.2 Å². The summed E-state index contributed by atoms with van der Waals surface area (Å²) in [6.07, 6.45) is 4.30. The Morgan fingerprint density at radius 2 is 1.30 bits per heavy atom. The van der Waals surface area contributed by atoms with Gasteiger partial charge < -0.3 is 43.4 Å². The number of ether oxygens (including phenoxy) is 1. The monoisotopic (exact) mass is 432 g/mol. The van der Waals surface area contributed by atoms with E-state index >= 15 is 0 Å². The molecule has 11 N–H and O–H groups in total. The second-order valence-electron chi connectivity index (χ2n) is 7.30. The van der Waals surface area contributed by atoms with Crippen LogP contribution in [0.1, 0.15) is 57.8 Å². The van der Waals surface area contributed by atoms with Crippen molar-refractivity contribution in [2.45, 2.75) is 75.9 Å². The highest BCUT2D eigenvalue weighted by Crippen LogP contribution is 2.07. The molecule has 2 amide bonds. The molecule has 0 aliphatic rings. The molecule has 0 spiro atoms. The number of nitrogens with one attached hydrogen (secondary N) is 2. The predicted octanol–water partition coefficient (Wildman–Crippen LogP) is -0.635. The van der Waals surface area contributed by atoms with Crippen LogP contribution in [0.15, 0.2) is 0 Å². The molecule has 0 radical (unpaired) electrons. The molecule has 0 bridgehead atoms. The first-order chi connectivity index (χ1) is 14.3. The minimum atomic E-state index is -1.41. The summed E-state index contributed by atoms with van der Waals surface area (Å²) in [5.41, 5.74) is 22.4. The molecule has 0 saturated heterocycles.